The first-order valence-electron chi connectivity index (χ1n) is 8.92. The van der Waals surface area contributed by atoms with Crippen LogP contribution in [-0.2, 0) is 23.7 Å². The van der Waals surface area contributed by atoms with E-state index in [-0.39, 0.29) is 6.42 Å². The summed E-state index contributed by atoms with van der Waals surface area (Å²) in [5.74, 6) is -1.74. The van der Waals surface area contributed by atoms with Gasteiger partial charge in [0.25, 0.3) is 0 Å². The zero-order chi connectivity index (χ0) is 20.9. The van der Waals surface area contributed by atoms with Crippen molar-refractivity contribution in [3.63, 3.8) is 0 Å². The Morgan fingerprint density at radius 2 is 1.86 bits per heavy atom. The van der Waals surface area contributed by atoms with Crippen LogP contribution in [0.15, 0.2) is 12.3 Å². The molecular weight excluding hydrogens is 380 g/mol. The van der Waals surface area contributed by atoms with E-state index in [4.69, 9.17) is 18.9 Å². The Bertz CT molecular complexity index is 624. The molecule has 0 unspecified atom stereocenters. The predicted molar refractivity (Wildman–Crippen MR) is 88.1 cm³/mol. The van der Waals surface area contributed by atoms with Gasteiger partial charge >= 0.3 is 5.97 Å². The van der Waals surface area contributed by atoms with Gasteiger partial charge in [0.1, 0.15) is 35.6 Å². The van der Waals surface area contributed by atoms with E-state index in [9.17, 15) is 35.4 Å². The van der Waals surface area contributed by atoms with Crippen LogP contribution >= 0.6 is 0 Å². The maximum atomic E-state index is 11.6. The molecule has 0 amide bonds. The van der Waals surface area contributed by atoms with Crippen LogP contribution in [0.2, 0.25) is 0 Å². The zero-order valence-electron chi connectivity index (χ0n) is 15.4. The lowest BCUT2D eigenvalue weighted by molar-refractivity contribution is -0.351. The van der Waals surface area contributed by atoms with Gasteiger partial charge in [-0.2, -0.15) is 0 Å². The Labute approximate surface area is 160 Å². The van der Waals surface area contributed by atoms with Crippen LogP contribution in [0, 0.1) is 5.92 Å². The topological polar surface area (TPSA) is 175 Å². The van der Waals surface area contributed by atoms with Gasteiger partial charge in [0, 0.05) is 13.3 Å². The summed E-state index contributed by atoms with van der Waals surface area (Å²) >= 11 is 0. The van der Waals surface area contributed by atoms with Crippen molar-refractivity contribution in [1.29, 1.82) is 0 Å². The monoisotopic (exact) mass is 406 g/mol. The fraction of sp³-hybridized carbons (Fsp3) is 0.824. The molecule has 2 heterocycles. The number of aliphatic hydroxyl groups excluding tert-OH is 5. The first-order chi connectivity index (χ1) is 13.0. The van der Waals surface area contributed by atoms with E-state index < -0.39 is 72.8 Å². The average Bonchev–Trinajstić information content (AvgIpc) is 2.81. The van der Waals surface area contributed by atoms with E-state index in [1.165, 1.54) is 19.9 Å². The van der Waals surface area contributed by atoms with Crippen molar-refractivity contribution >= 4 is 5.97 Å². The third-order valence-electron chi connectivity index (χ3n) is 5.60. The maximum Gasteiger partial charge on any atom is 0.303 e. The van der Waals surface area contributed by atoms with Crippen molar-refractivity contribution in [2.75, 3.05) is 6.61 Å². The van der Waals surface area contributed by atoms with Crippen molar-refractivity contribution in [3.05, 3.63) is 12.3 Å². The summed E-state index contributed by atoms with van der Waals surface area (Å²) in [7, 11) is 0. The van der Waals surface area contributed by atoms with E-state index >= 15 is 0 Å². The summed E-state index contributed by atoms with van der Waals surface area (Å²) in [6.45, 7) is 2.04. The van der Waals surface area contributed by atoms with Crippen molar-refractivity contribution in [3.8, 4) is 0 Å². The third-order valence-corrected chi connectivity index (χ3v) is 5.60. The van der Waals surface area contributed by atoms with Gasteiger partial charge in [-0.15, -0.1) is 0 Å². The number of hydrogen-bond acceptors (Lipinski definition) is 11. The van der Waals surface area contributed by atoms with Gasteiger partial charge in [-0.1, -0.05) is 0 Å². The molecule has 10 atom stereocenters. The Kier molecular flexibility index (Phi) is 5.73. The lowest BCUT2D eigenvalue weighted by Crippen LogP contribution is -2.62. The molecule has 1 aliphatic carbocycles. The molecule has 2 aliphatic heterocycles. The second-order valence-corrected chi connectivity index (χ2v) is 7.63. The number of esters is 1. The molecule has 0 aromatic heterocycles. The van der Waals surface area contributed by atoms with Crippen molar-refractivity contribution in [2.45, 2.75) is 74.6 Å². The third kappa shape index (κ3) is 3.42. The molecule has 3 rings (SSSR count). The first-order valence-corrected chi connectivity index (χ1v) is 8.92. The van der Waals surface area contributed by atoms with Gasteiger partial charge in [-0.25, -0.2) is 0 Å². The lowest BCUT2D eigenvalue weighted by atomic mass is 9.81. The summed E-state index contributed by atoms with van der Waals surface area (Å²) in [6.07, 6.45) is -8.06. The molecule has 1 saturated carbocycles. The van der Waals surface area contributed by atoms with Crippen molar-refractivity contribution in [1.82, 2.24) is 0 Å². The van der Waals surface area contributed by atoms with E-state index in [0.29, 0.717) is 0 Å². The molecule has 11 nitrogen and oxygen atoms in total. The van der Waals surface area contributed by atoms with Crippen molar-refractivity contribution in [2.24, 2.45) is 5.92 Å². The lowest BCUT2D eigenvalue weighted by Gasteiger charge is -2.45. The predicted octanol–water partition coefficient (Wildman–Crippen LogP) is -2.89. The number of ether oxygens (including phenoxy) is 4. The highest BCUT2D eigenvalue weighted by Crippen LogP contribution is 2.51. The maximum absolute atomic E-state index is 11.6. The smallest absolute Gasteiger partial charge is 0.303 e. The molecular formula is C17H26O11. The van der Waals surface area contributed by atoms with Gasteiger partial charge in [-0.3, -0.25) is 4.79 Å². The second-order valence-electron chi connectivity index (χ2n) is 7.63. The number of fused-ring (bicyclic) bond motifs is 1. The Morgan fingerprint density at radius 1 is 1.18 bits per heavy atom. The summed E-state index contributed by atoms with van der Waals surface area (Å²) in [5.41, 5.74) is -3.22. The molecule has 6 N–H and O–H groups in total. The van der Waals surface area contributed by atoms with Crippen LogP contribution in [0.3, 0.4) is 0 Å². The minimum absolute atomic E-state index is 0.101. The van der Waals surface area contributed by atoms with Crippen LogP contribution < -0.4 is 0 Å². The average molecular weight is 406 g/mol. The van der Waals surface area contributed by atoms with Crippen LogP contribution in [0.4, 0.5) is 0 Å². The zero-order valence-corrected chi connectivity index (χ0v) is 15.4. The molecule has 1 saturated heterocycles. The molecule has 28 heavy (non-hydrogen) atoms. The molecule has 0 aromatic rings. The van der Waals surface area contributed by atoms with Crippen molar-refractivity contribution < 1.29 is 54.4 Å². The highest BCUT2D eigenvalue weighted by Gasteiger charge is 2.66. The highest BCUT2D eigenvalue weighted by molar-refractivity contribution is 5.66. The van der Waals surface area contributed by atoms with Gasteiger partial charge < -0.3 is 49.6 Å². The number of carbonyl (C=O) groups is 1. The van der Waals surface area contributed by atoms with Gasteiger partial charge in [0.15, 0.2) is 6.29 Å². The summed E-state index contributed by atoms with van der Waals surface area (Å²) in [4.78, 5) is 11.6. The van der Waals surface area contributed by atoms with Crippen LogP contribution in [0.1, 0.15) is 20.3 Å². The Balaban J connectivity index is 1.87. The second kappa shape index (κ2) is 7.50. The van der Waals surface area contributed by atoms with Crippen LogP contribution in [0.5, 0.6) is 0 Å². The first kappa shape index (κ1) is 21.4. The summed E-state index contributed by atoms with van der Waals surface area (Å²) in [6, 6.07) is 0. The molecule has 0 radical (unpaired) electrons. The number of hydrogen-bond donors (Lipinski definition) is 6. The van der Waals surface area contributed by atoms with Gasteiger partial charge in [0.2, 0.25) is 6.29 Å². The Hall–Kier alpha value is -1.31. The molecule has 11 heteroatoms. The molecule has 2 fully saturated rings. The minimum Gasteiger partial charge on any atom is -0.472 e. The SMILES string of the molecule is CC(=O)O[C@@]1(C)C[C@@H](O)[C@@]2(O)C=CO[C@@H](O[C@H]3O[C@@H](CO)[C@H](O)[C@@H](O)[C@@H]3O)[C@@H]21. The molecule has 0 spiro atoms. The number of carbonyl (C=O) groups excluding carboxylic acids is 1. The van der Waals surface area contributed by atoms with Crippen LogP contribution in [-0.4, -0.2) is 97.5 Å². The van der Waals surface area contributed by atoms with E-state index in [1.807, 2.05) is 0 Å². The molecule has 3 aliphatic rings. The van der Waals surface area contributed by atoms with Crippen LogP contribution in [0.25, 0.3) is 0 Å². The quantitative estimate of drug-likeness (QED) is 0.264. The molecule has 160 valence electrons. The number of rotatable bonds is 4. The summed E-state index contributed by atoms with van der Waals surface area (Å²) in [5, 5.41) is 60.6. The van der Waals surface area contributed by atoms with Gasteiger partial charge in [-0.05, 0) is 13.0 Å². The van der Waals surface area contributed by atoms with E-state index in [2.05, 4.69) is 0 Å². The molecule has 0 aromatic carbocycles. The van der Waals surface area contributed by atoms with E-state index in [0.717, 1.165) is 6.26 Å². The number of aliphatic hydroxyl groups is 6. The highest BCUT2D eigenvalue weighted by atomic mass is 16.8. The van der Waals surface area contributed by atoms with Gasteiger partial charge in [0.05, 0.1) is 24.9 Å². The largest absolute Gasteiger partial charge is 0.472 e. The molecule has 0 bridgehead atoms. The normalized spacial score (nSPS) is 50.7. The standard InChI is InChI=1S/C17H26O11/c1-7(19)28-16(2)5-9(20)17(24)3-4-25-15(13(16)17)27-14-12(23)11(22)10(21)8(6-18)26-14/h3-4,8-15,18,20-24H,5-6H2,1-2H3/t8-,9+,10-,11+,12-,13+,14+,15-,16-,17-/m0/s1. The van der Waals surface area contributed by atoms with E-state index in [1.54, 1.807) is 0 Å². The fourth-order valence-electron chi connectivity index (χ4n) is 4.25. The summed E-state index contributed by atoms with van der Waals surface area (Å²) < 4.78 is 21.7. The fourth-order valence-corrected chi connectivity index (χ4v) is 4.25. The minimum atomic E-state index is -1.85. The Morgan fingerprint density at radius 3 is 2.46 bits per heavy atom.